The maximum atomic E-state index is 12.7. The number of amidine groups is 1. The van der Waals surface area contributed by atoms with Gasteiger partial charge >= 0.3 is 5.84 Å². The number of hydrogen-bond donors (Lipinski definition) is 0. The van der Waals surface area contributed by atoms with E-state index in [4.69, 9.17) is 0 Å². The molecule has 4 nitrogen and oxygen atoms in total. The molecule has 0 N–H and O–H groups in total. The molecule has 22 heavy (non-hydrogen) atoms. The van der Waals surface area contributed by atoms with Crippen LogP contribution in [0.4, 0.5) is 0 Å². The summed E-state index contributed by atoms with van der Waals surface area (Å²) in [5.41, 5.74) is 1.00. The topological polar surface area (TPSA) is 55.5 Å². The van der Waals surface area contributed by atoms with Gasteiger partial charge < -0.3 is 5.21 Å². The van der Waals surface area contributed by atoms with Gasteiger partial charge in [0.25, 0.3) is 5.78 Å². The number of hydrogen-bond acceptors (Lipinski definition) is 3. The molecule has 0 amide bonds. The van der Waals surface area contributed by atoms with Crippen LogP contribution in [0.15, 0.2) is 65.7 Å². The van der Waals surface area contributed by atoms with Gasteiger partial charge in [-0.2, -0.15) is 0 Å². The normalized spacial score (nSPS) is 16.5. The number of ketones is 1. The summed E-state index contributed by atoms with van der Waals surface area (Å²) in [6.07, 6.45) is 0. The molecule has 3 rings (SSSR count). The number of Topliss-reactive ketones (excluding diaryl/α,β-unsaturated/α-hetero) is 1. The zero-order chi connectivity index (χ0) is 15.7. The number of carbonyl (C=O) groups is 1. The Kier molecular flexibility index (Phi) is 3.37. The molecule has 0 unspecified atom stereocenters. The molecule has 110 valence electrons. The molecule has 4 heteroatoms. The summed E-state index contributed by atoms with van der Waals surface area (Å²) in [5.74, 6) is -0.412. The smallest absolute Gasteiger partial charge is 0.370 e. The molecule has 0 saturated heterocycles. The Morgan fingerprint density at radius 3 is 2.14 bits per heavy atom. The van der Waals surface area contributed by atoms with Crippen LogP contribution in [-0.2, 0) is 0 Å². The summed E-state index contributed by atoms with van der Waals surface area (Å²) in [5, 5.41) is 12.7. The molecule has 1 aliphatic rings. The van der Waals surface area contributed by atoms with E-state index in [1.807, 2.05) is 50.2 Å². The molecule has 0 radical (unpaired) electrons. The lowest BCUT2D eigenvalue weighted by Crippen LogP contribution is -2.32. The molecular formula is C18H16N2O2. The van der Waals surface area contributed by atoms with Crippen LogP contribution in [0.5, 0.6) is 0 Å². The van der Waals surface area contributed by atoms with Gasteiger partial charge in [0, 0.05) is 11.1 Å². The third-order valence-corrected chi connectivity index (χ3v) is 3.65. The van der Waals surface area contributed by atoms with Gasteiger partial charge in [0.1, 0.15) is 0 Å². The van der Waals surface area contributed by atoms with Crippen molar-refractivity contribution in [3.8, 4) is 0 Å². The first-order valence-electron chi connectivity index (χ1n) is 7.10. The van der Waals surface area contributed by atoms with E-state index < -0.39 is 5.54 Å². The quantitative estimate of drug-likeness (QED) is 0.496. The average Bonchev–Trinajstić information content (AvgIpc) is 2.78. The standard InChI is InChI=1S/C18H16N2O2/c1-18(2)16(14-11-7-4-8-12-14)20(22)17(19-18)15(21)13-9-5-3-6-10-13/h3-12H,1-2H3. The first-order chi connectivity index (χ1) is 10.5. The largest absolute Gasteiger partial charge is 0.710 e. The summed E-state index contributed by atoms with van der Waals surface area (Å²) in [7, 11) is 0. The van der Waals surface area contributed by atoms with Gasteiger partial charge in [-0.15, -0.1) is 0 Å². The zero-order valence-corrected chi connectivity index (χ0v) is 12.5. The first-order valence-corrected chi connectivity index (χ1v) is 7.10. The Bertz CT molecular complexity index is 775. The lowest BCUT2D eigenvalue weighted by Gasteiger charge is -2.14. The Morgan fingerprint density at radius 1 is 1.00 bits per heavy atom. The Hall–Kier alpha value is -2.75. The van der Waals surface area contributed by atoms with E-state index in [1.165, 1.54) is 0 Å². The summed E-state index contributed by atoms with van der Waals surface area (Å²) in [6, 6.07) is 18.1. The van der Waals surface area contributed by atoms with E-state index in [9.17, 15) is 10.0 Å². The highest BCUT2D eigenvalue weighted by Crippen LogP contribution is 2.24. The molecule has 0 aliphatic carbocycles. The SMILES string of the molecule is CC1(C)N=C(C(=O)c2ccccc2)[N+]([O-])=C1c1ccccc1. The highest BCUT2D eigenvalue weighted by atomic mass is 16.5. The summed E-state index contributed by atoms with van der Waals surface area (Å²) in [4.78, 5) is 16.9. The number of hydroxylamine groups is 1. The highest BCUT2D eigenvalue weighted by molar-refractivity contribution is 6.44. The third-order valence-electron chi connectivity index (χ3n) is 3.65. The molecule has 0 bridgehead atoms. The van der Waals surface area contributed by atoms with Crippen molar-refractivity contribution in [3.63, 3.8) is 0 Å². The number of benzene rings is 2. The molecule has 0 fully saturated rings. The average molecular weight is 292 g/mol. The van der Waals surface area contributed by atoms with E-state index in [1.54, 1.807) is 24.3 Å². The molecule has 1 heterocycles. The fourth-order valence-corrected chi connectivity index (χ4v) is 2.65. The van der Waals surface area contributed by atoms with Gasteiger partial charge in [-0.3, -0.25) is 4.79 Å². The molecule has 2 aromatic carbocycles. The number of carbonyl (C=O) groups excluding carboxylic acids is 1. The van der Waals surface area contributed by atoms with Crippen LogP contribution in [0.25, 0.3) is 0 Å². The fraction of sp³-hybridized carbons (Fsp3) is 0.167. The minimum atomic E-state index is -0.733. The van der Waals surface area contributed by atoms with Crippen LogP contribution in [0, 0.1) is 5.21 Å². The number of nitrogens with zero attached hydrogens (tertiary/aromatic N) is 2. The Morgan fingerprint density at radius 2 is 1.55 bits per heavy atom. The van der Waals surface area contributed by atoms with Gasteiger partial charge in [0.2, 0.25) is 5.54 Å². The van der Waals surface area contributed by atoms with Crippen molar-refractivity contribution in [1.29, 1.82) is 0 Å². The molecule has 1 aliphatic heterocycles. The lowest BCUT2D eigenvalue weighted by molar-refractivity contribution is -0.318. The second kappa shape index (κ2) is 5.22. The number of rotatable bonds is 3. The monoisotopic (exact) mass is 292 g/mol. The maximum absolute atomic E-state index is 12.7. The maximum Gasteiger partial charge on any atom is 0.370 e. The van der Waals surface area contributed by atoms with Crippen molar-refractivity contribution in [2.24, 2.45) is 4.99 Å². The van der Waals surface area contributed by atoms with Gasteiger partial charge in [-0.25, -0.2) is 4.74 Å². The Balaban J connectivity index is 2.08. The molecule has 0 aromatic heterocycles. The molecule has 0 spiro atoms. The van der Waals surface area contributed by atoms with E-state index >= 15 is 0 Å². The Labute approximate surface area is 129 Å². The van der Waals surface area contributed by atoms with E-state index in [0.717, 1.165) is 5.56 Å². The van der Waals surface area contributed by atoms with Crippen molar-refractivity contribution in [2.45, 2.75) is 19.4 Å². The predicted molar refractivity (Wildman–Crippen MR) is 86.5 cm³/mol. The summed E-state index contributed by atoms with van der Waals surface area (Å²) < 4.78 is 0.671. The molecule has 2 aromatic rings. The predicted octanol–water partition coefficient (Wildman–Crippen LogP) is 3.06. The van der Waals surface area contributed by atoms with Crippen molar-refractivity contribution in [1.82, 2.24) is 0 Å². The minimum absolute atomic E-state index is 0.0601. The zero-order valence-electron chi connectivity index (χ0n) is 12.5. The van der Waals surface area contributed by atoms with Crippen LogP contribution in [0.1, 0.15) is 29.8 Å². The second-order valence-corrected chi connectivity index (χ2v) is 5.70. The lowest BCUT2D eigenvalue weighted by atomic mass is 9.93. The van der Waals surface area contributed by atoms with Gasteiger partial charge in [-0.05, 0) is 13.8 Å². The van der Waals surface area contributed by atoms with Crippen LogP contribution >= 0.6 is 0 Å². The highest BCUT2D eigenvalue weighted by Gasteiger charge is 2.45. The van der Waals surface area contributed by atoms with Gasteiger partial charge in [0.15, 0.2) is 5.71 Å². The number of aliphatic imine (C=N–C) groups is 1. The van der Waals surface area contributed by atoms with E-state index in [-0.39, 0.29) is 11.6 Å². The van der Waals surface area contributed by atoms with Crippen LogP contribution < -0.4 is 0 Å². The van der Waals surface area contributed by atoms with Gasteiger partial charge in [0.05, 0.1) is 0 Å². The van der Waals surface area contributed by atoms with Crippen molar-refractivity contribution >= 4 is 17.3 Å². The van der Waals surface area contributed by atoms with Crippen molar-refractivity contribution < 1.29 is 9.53 Å². The third kappa shape index (κ3) is 2.33. The second-order valence-electron chi connectivity index (χ2n) is 5.70. The first kappa shape index (κ1) is 14.2. The van der Waals surface area contributed by atoms with E-state index in [2.05, 4.69) is 4.99 Å². The van der Waals surface area contributed by atoms with Crippen molar-refractivity contribution in [2.75, 3.05) is 0 Å². The van der Waals surface area contributed by atoms with Crippen LogP contribution in [0.2, 0.25) is 0 Å². The van der Waals surface area contributed by atoms with Crippen molar-refractivity contribution in [3.05, 3.63) is 77.0 Å². The van der Waals surface area contributed by atoms with Crippen LogP contribution in [0.3, 0.4) is 0 Å². The van der Waals surface area contributed by atoms with Crippen LogP contribution in [-0.4, -0.2) is 27.6 Å². The van der Waals surface area contributed by atoms with E-state index in [0.29, 0.717) is 16.0 Å². The minimum Gasteiger partial charge on any atom is -0.710 e. The summed E-state index contributed by atoms with van der Waals surface area (Å²) >= 11 is 0. The fourth-order valence-electron chi connectivity index (χ4n) is 2.65. The molecule has 0 saturated carbocycles. The summed E-state index contributed by atoms with van der Waals surface area (Å²) in [6.45, 7) is 3.68. The molecule has 0 atom stereocenters. The molecular weight excluding hydrogens is 276 g/mol. The van der Waals surface area contributed by atoms with Gasteiger partial charge in [-0.1, -0.05) is 65.7 Å².